The number of benzene rings is 2. The van der Waals surface area contributed by atoms with Gasteiger partial charge in [-0.1, -0.05) is 29.8 Å². The summed E-state index contributed by atoms with van der Waals surface area (Å²) < 4.78 is 11.0. The molecule has 2 aromatic rings. The highest BCUT2D eigenvalue weighted by Crippen LogP contribution is 2.22. The average molecular weight is 292 g/mol. The second-order valence-electron chi connectivity index (χ2n) is 4.01. The van der Waals surface area contributed by atoms with Gasteiger partial charge in [0.15, 0.2) is 0 Å². The average Bonchev–Trinajstić information content (AvgIpc) is 2.45. The van der Waals surface area contributed by atoms with Crippen LogP contribution in [0.2, 0.25) is 5.02 Å². The number of para-hydroxylation sites is 1. The molecule has 2 rings (SSSR count). The summed E-state index contributed by atoms with van der Waals surface area (Å²) in [6.45, 7) is 0.668. The summed E-state index contributed by atoms with van der Waals surface area (Å²) in [5.74, 6) is 0.590. The molecule has 4 nitrogen and oxygen atoms in total. The van der Waals surface area contributed by atoms with E-state index in [9.17, 15) is 4.79 Å². The highest BCUT2D eigenvalue weighted by Gasteiger charge is 2.10. The van der Waals surface area contributed by atoms with Crippen LogP contribution in [0.3, 0.4) is 0 Å². The number of primary amides is 1. The molecule has 0 aliphatic heterocycles. The number of rotatable bonds is 6. The van der Waals surface area contributed by atoms with Gasteiger partial charge in [-0.05, 0) is 30.3 Å². The van der Waals surface area contributed by atoms with Crippen molar-refractivity contribution < 1.29 is 14.3 Å². The fraction of sp³-hybridized carbons (Fsp3) is 0.133. The van der Waals surface area contributed by atoms with Gasteiger partial charge in [0, 0.05) is 5.02 Å². The van der Waals surface area contributed by atoms with Crippen molar-refractivity contribution in [3.8, 4) is 11.5 Å². The fourth-order valence-corrected chi connectivity index (χ4v) is 1.82. The molecule has 2 N–H and O–H groups in total. The SMILES string of the molecule is NC(=O)c1cc(Cl)ccc1OCCOc1ccccc1. The number of ether oxygens (including phenoxy) is 2. The predicted molar refractivity (Wildman–Crippen MR) is 77.4 cm³/mol. The number of hydrogen-bond donors (Lipinski definition) is 1. The first-order chi connectivity index (χ1) is 9.66. The highest BCUT2D eigenvalue weighted by molar-refractivity contribution is 6.31. The minimum atomic E-state index is -0.577. The summed E-state index contributed by atoms with van der Waals surface area (Å²) in [6.07, 6.45) is 0. The molecule has 2 aromatic carbocycles. The monoisotopic (exact) mass is 291 g/mol. The first kappa shape index (κ1) is 14.2. The molecule has 0 atom stereocenters. The Morgan fingerprint density at radius 1 is 1.05 bits per heavy atom. The zero-order chi connectivity index (χ0) is 14.4. The Balaban J connectivity index is 1.90. The number of hydrogen-bond acceptors (Lipinski definition) is 3. The van der Waals surface area contributed by atoms with Gasteiger partial charge in [-0.3, -0.25) is 4.79 Å². The maximum absolute atomic E-state index is 11.3. The molecule has 0 saturated heterocycles. The van der Waals surface area contributed by atoms with Crippen LogP contribution in [0.1, 0.15) is 10.4 Å². The number of amides is 1. The molecular weight excluding hydrogens is 278 g/mol. The fourth-order valence-electron chi connectivity index (χ4n) is 1.65. The zero-order valence-corrected chi connectivity index (χ0v) is 11.5. The van der Waals surface area contributed by atoms with Crippen LogP contribution in [-0.2, 0) is 0 Å². The molecule has 20 heavy (non-hydrogen) atoms. The highest BCUT2D eigenvalue weighted by atomic mass is 35.5. The van der Waals surface area contributed by atoms with E-state index in [1.54, 1.807) is 12.1 Å². The van der Waals surface area contributed by atoms with Gasteiger partial charge >= 0.3 is 0 Å². The van der Waals surface area contributed by atoms with E-state index in [-0.39, 0.29) is 5.56 Å². The molecule has 0 radical (unpaired) electrons. The van der Waals surface area contributed by atoms with Gasteiger partial charge in [0.1, 0.15) is 24.7 Å². The van der Waals surface area contributed by atoms with Gasteiger partial charge in [0.05, 0.1) is 5.56 Å². The molecular formula is C15H14ClNO3. The summed E-state index contributed by atoms with van der Waals surface area (Å²) in [5.41, 5.74) is 5.53. The van der Waals surface area contributed by atoms with Crippen LogP contribution in [0.25, 0.3) is 0 Å². The number of halogens is 1. The molecule has 0 spiro atoms. The van der Waals surface area contributed by atoms with Crippen molar-refractivity contribution in [1.29, 1.82) is 0 Å². The van der Waals surface area contributed by atoms with Crippen molar-refractivity contribution >= 4 is 17.5 Å². The quantitative estimate of drug-likeness (QED) is 0.833. The normalized spacial score (nSPS) is 10.1. The topological polar surface area (TPSA) is 61.6 Å². The van der Waals surface area contributed by atoms with E-state index >= 15 is 0 Å². The van der Waals surface area contributed by atoms with E-state index < -0.39 is 5.91 Å². The smallest absolute Gasteiger partial charge is 0.252 e. The summed E-state index contributed by atoms with van der Waals surface area (Å²) in [6, 6.07) is 14.1. The molecule has 0 fully saturated rings. The van der Waals surface area contributed by atoms with E-state index in [1.807, 2.05) is 30.3 Å². The standard InChI is InChI=1S/C15H14ClNO3/c16-11-6-7-14(13(10-11)15(17)18)20-9-8-19-12-4-2-1-3-5-12/h1-7,10H,8-9H2,(H2,17,18). The first-order valence-corrected chi connectivity index (χ1v) is 6.44. The Bertz CT molecular complexity index is 587. The maximum Gasteiger partial charge on any atom is 0.252 e. The predicted octanol–water partition coefficient (Wildman–Crippen LogP) is 2.90. The third kappa shape index (κ3) is 3.90. The van der Waals surface area contributed by atoms with Crippen LogP contribution >= 0.6 is 11.6 Å². The van der Waals surface area contributed by atoms with Crippen LogP contribution in [0, 0.1) is 0 Å². The minimum Gasteiger partial charge on any atom is -0.490 e. The van der Waals surface area contributed by atoms with Crippen LogP contribution < -0.4 is 15.2 Å². The van der Waals surface area contributed by atoms with Gasteiger partial charge in [0.25, 0.3) is 5.91 Å². The van der Waals surface area contributed by atoms with Gasteiger partial charge in [-0.15, -0.1) is 0 Å². The first-order valence-electron chi connectivity index (χ1n) is 6.07. The van der Waals surface area contributed by atoms with E-state index in [0.717, 1.165) is 5.75 Å². The van der Waals surface area contributed by atoms with Crippen molar-refractivity contribution in [3.05, 3.63) is 59.1 Å². The lowest BCUT2D eigenvalue weighted by molar-refractivity contribution is 0.0995. The zero-order valence-electron chi connectivity index (χ0n) is 10.7. The summed E-state index contributed by atoms with van der Waals surface area (Å²) >= 11 is 5.81. The van der Waals surface area contributed by atoms with Crippen molar-refractivity contribution in [2.45, 2.75) is 0 Å². The van der Waals surface area contributed by atoms with E-state index in [0.29, 0.717) is 24.0 Å². The Labute approximate surface area is 122 Å². The third-order valence-electron chi connectivity index (χ3n) is 2.56. The molecule has 5 heteroatoms. The van der Waals surface area contributed by atoms with Gasteiger partial charge in [-0.25, -0.2) is 0 Å². The minimum absolute atomic E-state index is 0.261. The Morgan fingerprint density at radius 3 is 2.45 bits per heavy atom. The van der Waals surface area contributed by atoms with Crippen LogP contribution in [0.4, 0.5) is 0 Å². The van der Waals surface area contributed by atoms with Crippen LogP contribution in [0.15, 0.2) is 48.5 Å². The number of carbonyl (C=O) groups is 1. The van der Waals surface area contributed by atoms with Crippen LogP contribution in [0.5, 0.6) is 11.5 Å². The van der Waals surface area contributed by atoms with Crippen LogP contribution in [-0.4, -0.2) is 19.1 Å². The van der Waals surface area contributed by atoms with Gasteiger partial charge in [0.2, 0.25) is 0 Å². The molecule has 0 bridgehead atoms. The number of nitrogens with two attached hydrogens (primary N) is 1. The summed E-state index contributed by atoms with van der Waals surface area (Å²) in [4.78, 5) is 11.3. The molecule has 0 saturated carbocycles. The second kappa shape index (κ2) is 6.82. The molecule has 104 valence electrons. The van der Waals surface area contributed by atoms with Crippen molar-refractivity contribution in [2.75, 3.05) is 13.2 Å². The Kier molecular flexibility index (Phi) is 4.85. The van der Waals surface area contributed by atoms with Crippen molar-refractivity contribution in [1.82, 2.24) is 0 Å². The Morgan fingerprint density at radius 2 is 1.75 bits per heavy atom. The van der Waals surface area contributed by atoms with Crippen molar-refractivity contribution in [3.63, 3.8) is 0 Å². The second-order valence-corrected chi connectivity index (χ2v) is 4.45. The van der Waals surface area contributed by atoms with E-state index in [2.05, 4.69) is 0 Å². The van der Waals surface area contributed by atoms with Gasteiger partial charge in [-0.2, -0.15) is 0 Å². The van der Waals surface area contributed by atoms with E-state index in [4.69, 9.17) is 26.8 Å². The largest absolute Gasteiger partial charge is 0.490 e. The number of carbonyl (C=O) groups excluding carboxylic acids is 1. The Hall–Kier alpha value is -2.20. The molecule has 0 aliphatic carbocycles. The molecule has 0 aromatic heterocycles. The van der Waals surface area contributed by atoms with Gasteiger partial charge < -0.3 is 15.2 Å². The summed E-state index contributed by atoms with van der Waals surface area (Å²) in [7, 11) is 0. The lowest BCUT2D eigenvalue weighted by Crippen LogP contribution is -2.15. The lowest BCUT2D eigenvalue weighted by Gasteiger charge is -2.11. The summed E-state index contributed by atoms with van der Waals surface area (Å²) in [5, 5.41) is 0.437. The molecule has 0 unspecified atom stereocenters. The molecule has 1 amide bonds. The molecule has 0 aliphatic rings. The lowest BCUT2D eigenvalue weighted by atomic mass is 10.2. The third-order valence-corrected chi connectivity index (χ3v) is 2.79. The van der Waals surface area contributed by atoms with Crippen molar-refractivity contribution in [2.24, 2.45) is 5.73 Å². The van der Waals surface area contributed by atoms with E-state index in [1.165, 1.54) is 6.07 Å². The maximum atomic E-state index is 11.3. The molecule has 0 heterocycles.